The summed E-state index contributed by atoms with van der Waals surface area (Å²) in [6.07, 6.45) is 2.27. The van der Waals surface area contributed by atoms with Crippen molar-refractivity contribution in [2.75, 3.05) is 0 Å². The second kappa shape index (κ2) is 7.97. The van der Waals surface area contributed by atoms with E-state index in [1.54, 1.807) is 18.2 Å². The summed E-state index contributed by atoms with van der Waals surface area (Å²) >= 11 is 0. The van der Waals surface area contributed by atoms with E-state index in [0.29, 0.717) is 11.1 Å². The van der Waals surface area contributed by atoms with Crippen LogP contribution in [-0.4, -0.2) is 21.7 Å². The SMILES string of the molecule is C=CC(=O)N[C@H]1CC[C@H](n2cc3ccc(-c4ccccc4C(F)(F)F)cc3n2)CC1. The van der Waals surface area contributed by atoms with Crippen molar-refractivity contribution in [1.29, 1.82) is 0 Å². The minimum absolute atomic E-state index is 0.141. The van der Waals surface area contributed by atoms with Gasteiger partial charge in [0.15, 0.2) is 0 Å². The Balaban J connectivity index is 1.56. The van der Waals surface area contributed by atoms with E-state index in [9.17, 15) is 18.0 Å². The van der Waals surface area contributed by atoms with E-state index in [1.165, 1.54) is 18.2 Å². The van der Waals surface area contributed by atoms with Gasteiger partial charge < -0.3 is 5.32 Å². The van der Waals surface area contributed by atoms with Gasteiger partial charge in [-0.15, -0.1) is 0 Å². The molecule has 1 aliphatic rings. The molecule has 1 N–H and O–H groups in total. The van der Waals surface area contributed by atoms with Gasteiger partial charge in [0.2, 0.25) is 5.91 Å². The Morgan fingerprint density at radius 3 is 2.57 bits per heavy atom. The third kappa shape index (κ3) is 4.10. The molecule has 0 atom stereocenters. The number of hydrogen-bond acceptors (Lipinski definition) is 2. The number of alkyl halides is 3. The van der Waals surface area contributed by atoms with Crippen LogP contribution in [0.1, 0.15) is 37.3 Å². The number of nitrogens with zero attached hydrogens (tertiary/aromatic N) is 2. The van der Waals surface area contributed by atoms with E-state index in [-0.39, 0.29) is 23.6 Å². The number of carbonyl (C=O) groups excluding carboxylic acids is 1. The molecule has 0 bridgehead atoms. The number of fused-ring (bicyclic) bond motifs is 1. The summed E-state index contributed by atoms with van der Waals surface area (Å²) in [5, 5.41) is 8.47. The fourth-order valence-corrected chi connectivity index (χ4v) is 4.12. The molecule has 1 aromatic heterocycles. The maximum atomic E-state index is 13.4. The van der Waals surface area contributed by atoms with Crippen LogP contribution in [0.3, 0.4) is 0 Å². The lowest BCUT2D eigenvalue weighted by Gasteiger charge is -2.28. The monoisotopic (exact) mass is 413 g/mol. The summed E-state index contributed by atoms with van der Waals surface area (Å²) in [5.74, 6) is -0.157. The van der Waals surface area contributed by atoms with Crippen molar-refractivity contribution in [3.05, 3.63) is 66.9 Å². The van der Waals surface area contributed by atoms with Gasteiger partial charge >= 0.3 is 6.18 Å². The Kier molecular flexibility index (Phi) is 5.37. The summed E-state index contributed by atoms with van der Waals surface area (Å²) in [7, 11) is 0. The summed E-state index contributed by atoms with van der Waals surface area (Å²) < 4.78 is 42.0. The predicted molar refractivity (Wildman–Crippen MR) is 110 cm³/mol. The molecule has 1 amide bonds. The molecule has 1 fully saturated rings. The average Bonchev–Trinajstić information content (AvgIpc) is 3.17. The zero-order valence-corrected chi connectivity index (χ0v) is 16.3. The Labute approximate surface area is 172 Å². The third-order valence-electron chi connectivity index (χ3n) is 5.67. The lowest BCUT2D eigenvalue weighted by molar-refractivity contribution is -0.137. The van der Waals surface area contributed by atoms with Crippen LogP contribution in [0.15, 0.2) is 61.3 Å². The Hall–Kier alpha value is -3.09. The highest BCUT2D eigenvalue weighted by molar-refractivity contribution is 5.87. The van der Waals surface area contributed by atoms with Gasteiger partial charge in [-0.1, -0.05) is 36.9 Å². The molecule has 0 aliphatic heterocycles. The highest BCUT2D eigenvalue weighted by Gasteiger charge is 2.33. The topological polar surface area (TPSA) is 46.9 Å². The lowest BCUT2D eigenvalue weighted by Crippen LogP contribution is -2.37. The summed E-state index contributed by atoms with van der Waals surface area (Å²) in [6.45, 7) is 3.47. The quantitative estimate of drug-likeness (QED) is 0.574. The van der Waals surface area contributed by atoms with E-state index in [4.69, 9.17) is 0 Å². The molecule has 2 aromatic carbocycles. The Bertz CT molecular complexity index is 1080. The van der Waals surface area contributed by atoms with Crippen molar-refractivity contribution >= 4 is 16.8 Å². The van der Waals surface area contributed by atoms with Crippen molar-refractivity contribution in [3.8, 4) is 11.1 Å². The van der Waals surface area contributed by atoms with Gasteiger partial charge in [0.05, 0.1) is 17.1 Å². The van der Waals surface area contributed by atoms with Gasteiger partial charge in [-0.2, -0.15) is 18.3 Å². The van der Waals surface area contributed by atoms with E-state index >= 15 is 0 Å². The molecule has 156 valence electrons. The standard InChI is InChI=1S/C23H22F3N3O/c1-2-22(30)27-17-9-11-18(12-10-17)29-14-16-8-7-15(13-21(16)28-29)19-5-3-4-6-20(19)23(24,25)26/h2-8,13-14,17-18H,1,9-12H2,(H,27,30)/t17-,18-. The van der Waals surface area contributed by atoms with Crippen molar-refractivity contribution in [3.63, 3.8) is 0 Å². The second-order valence-electron chi connectivity index (χ2n) is 7.64. The van der Waals surface area contributed by atoms with Gasteiger partial charge in [0, 0.05) is 17.6 Å². The molecule has 1 heterocycles. The Morgan fingerprint density at radius 2 is 1.87 bits per heavy atom. The maximum absolute atomic E-state index is 13.4. The first-order valence-electron chi connectivity index (χ1n) is 9.93. The van der Waals surface area contributed by atoms with Crippen LogP contribution in [-0.2, 0) is 11.0 Å². The second-order valence-corrected chi connectivity index (χ2v) is 7.64. The van der Waals surface area contributed by atoms with E-state index < -0.39 is 11.7 Å². The first kappa shape index (κ1) is 20.2. The van der Waals surface area contributed by atoms with E-state index in [0.717, 1.165) is 37.1 Å². The molecule has 0 unspecified atom stereocenters. The highest BCUT2D eigenvalue weighted by atomic mass is 19.4. The third-order valence-corrected chi connectivity index (χ3v) is 5.67. The molecular weight excluding hydrogens is 391 g/mol. The van der Waals surface area contributed by atoms with Crippen LogP contribution in [0.4, 0.5) is 13.2 Å². The number of carbonyl (C=O) groups is 1. The molecule has 1 aliphatic carbocycles. The van der Waals surface area contributed by atoms with Gasteiger partial charge in [-0.3, -0.25) is 9.48 Å². The molecule has 0 radical (unpaired) electrons. The number of nitrogens with one attached hydrogen (secondary N) is 1. The number of amides is 1. The minimum atomic E-state index is -4.41. The summed E-state index contributed by atoms with van der Waals surface area (Å²) in [6, 6.07) is 11.2. The van der Waals surface area contributed by atoms with Crippen molar-refractivity contribution in [1.82, 2.24) is 15.1 Å². The molecule has 4 nitrogen and oxygen atoms in total. The van der Waals surface area contributed by atoms with Crippen molar-refractivity contribution in [2.45, 2.75) is 43.9 Å². The van der Waals surface area contributed by atoms with E-state index in [1.807, 2.05) is 16.9 Å². The van der Waals surface area contributed by atoms with E-state index in [2.05, 4.69) is 17.0 Å². The molecule has 3 aromatic rings. The molecule has 4 rings (SSSR count). The summed E-state index contributed by atoms with van der Waals surface area (Å²) in [4.78, 5) is 11.5. The maximum Gasteiger partial charge on any atom is 0.417 e. The first-order chi connectivity index (χ1) is 14.3. The minimum Gasteiger partial charge on any atom is -0.350 e. The van der Waals surface area contributed by atoms with Gasteiger partial charge in [0.1, 0.15) is 0 Å². The lowest BCUT2D eigenvalue weighted by atomic mass is 9.91. The zero-order valence-electron chi connectivity index (χ0n) is 16.3. The molecule has 30 heavy (non-hydrogen) atoms. The zero-order chi connectivity index (χ0) is 21.3. The van der Waals surface area contributed by atoms with Crippen LogP contribution < -0.4 is 5.32 Å². The molecule has 0 spiro atoms. The van der Waals surface area contributed by atoms with Gasteiger partial charge in [0.25, 0.3) is 0 Å². The smallest absolute Gasteiger partial charge is 0.350 e. The number of halogens is 3. The number of rotatable bonds is 4. The number of aromatic nitrogens is 2. The van der Waals surface area contributed by atoms with Crippen LogP contribution in [0.5, 0.6) is 0 Å². The highest BCUT2D eigenvalue weighted by Crippen LogP contribution is 2.38. The normalized spacial score (nSPS) is 19.6. The largest absolute Gasteiger partial charge is 0.417 e. The van der Waals surface area contributed by atoms with Crippen LogP contribution >= 0.6 is 0 Å². The molecule has 1 saturated carbocycles. The van der Waals surface area contributed by atoms with Crippen LogP contribution in [0, 0.1) is 0 Å². The van der Waals surface area contributed by atoms with Gasteiger partial charge in [-0.25, -0.2) is 0 Å². The average molecular weight is 413 g/mol. The number of hydrogen-bond donors (Lipinski definition) is 1. The molecule has 0 saturated heterocycles. The first-order valence-corrected chi connectivity index (χ1v) is 9.93. The fraction of sp³-hybridized carbons (Fsp3) is 0.304. The van der Waals surface area contributed by atoms with Crippen LogP contribution in [0.2, 0.25) is 0 Å². The van der Waals surface area contributed by atoms with Crippen molar-refractivity contribution in [2.24, 2.45) is 0 Å². The predicted octanol–water partition coefficient (Wildman–Crippen LogP) is 5.51. The molecule has 7 heteroatoms. The van der Waals surface area contributed by atoms with Gasteiger partial charge in [-0.05, 0) is 55.0 Å². The van der Waals surface area contributed by atoms with Crippen LogP contribution in [0.25, 0.3) is 22.0 Å². The number of benzene rings is 2. The summed E-state index contributed by atoms with van der Waals surface area (Å²) in [5.41, 5.74) is 0.673. The Morgan fingerprint density at radius 1 is 1.13 bits per heavy atom. The van der Waals surface area contributed by atoms with Crippen molar-refractivity contribution < 1.29 is 18.0 Å². The fourth-order valence-electron chi connectivity index (χ4n) is 4.12. The molecular formula is C23H22F3N3O.